The van der Waals surface area contributed by atoms with E-state index in [-0.39, 0.29) is 11.7 Å². The van der Waals surface area contributed by atoms with Gasteiger partial charge in [0.25, 0.3) is 5.91 Å². The summed E-state index contributed by atoms with van der Waals surface area (Å²) in [7, 11) is 1.50. The molecule has 0 aliphatic carbocycles. The second-order valence-electron chi connectivity index (χ2n) is 5.83. The first-order chi connectivity index (χ1) is 12.8. The molecule has 0 aliphatic heterocycles. The van der Waals surface area contributed by atoms with Gasteiger partial charge in [-0.25, -0.2) is 0 Å². The Morgan fingerprint density at radius 2 is 1.96 bits per heavy atom. The number of halogens is 2. The molecule has 0 atom stereocenters. The molecule has 1 amide bonds. The number of hydrogen-bond donors (Lipinski definition) is 1. The van der Waals surface area contributed by atoms with Gasteiger partial charge in [0.1, 0.15) is 11.6 Å². The van der Waals surface area contributed by atoms with E-state index in [2.05, 4.69) is 21.2 Å². The van der Waals surface area contributed by atoms with Crippen LogP contribution >= 0.6 is 27.5 Å². The Kier molecular flexibility index (Phi) is 7.28. The Hall–Kier alpha value is -2.49. The topological polar surface area (TPSA) is 71.3 Å². The minimum absolute atomic E-state index is 0.0615. The highest BCUT2D eigenvalue weighted by Gasteiger charge is 2.15. The third-order valence-corrected chi connectivity index (χ3v) is 4.19. The summed E-state index contributed by atoms with van der Waals surface area (Å²) in [6.45, 7) is 3.76. The molecule has 0 unspecified atom stereocenters. The van der Waals surface area contributed by atoms with Gasteiger partial charge in [-0.05, 0) is 61.9 Å². The van der Waals surface area contributed by atoms with Gasteiger partial charge in [-0.15, -0.1) is 0 Å². The summed E-state index contributed by atoms with van der Waals surface area (Å²) in [4.78, 5) is 12.4. The van der Waals surface area contributed by atoms with E-state index in [1.54, 1.807) is 36.4 Å². The maximum atomic E-state index is 12.4. The number of nitrogens with zero attached hydrogens (tertiary/aromatic N) is 1. The second-order valence-corrected chi connectivity index (χ2v) is 7.15. The van der Waals surface area contributed by atoms with E-state index in [1.807, 2.05) is 19.9 Å². The number of nitrogens with one attached hydrogen (secondary N) is 1. The van der Waals surface area contributed by atoms with Crippen molar-refractivity contribution in [3.8, 4) is 17.6 Å². The highest BCUT2D eigenvalue weighted by Crippen LogP contribution is 2.37. The maximum Gasteiger partial charge on any atom is 0.266 e. The number of amides is 1. The molecule has 140 valence electrons. The average molecular weight is 450 g/mol. The molecule has 2 aromatic rings. The summed E-state index contributed by atoms with van der Waals surface area (Å²) in [5.41, 5.74) is 1.07. The van der Waals surface area contributed by atoms with E-state index in [0.29, 0.717) is 27.8 Å². The van der Waals surface area contributed by atoms with Gasteiger partial charge < -0.3 is 14.8 Å². The summed E-state index contributed by atoms with van der Waals surface area (Å²) in [5, 5.41) is 12.4. The van der Waals surface area contributed by atoms with Crippen LogP contribution in [0, 0.1) is 11.3 Å². The highest BCUT2D eigenvalue weighted by molar-refractivity contribution is 9.10. The van der Waals surface area contributed by atoms with Crippen LogP contribution in [0.4, 0.5) is 5.69 Å². The van der Waals surface area contributed by atoms with Crippen molar-refractivity contribution in [3.63, 3.8) is 0 Å². The van der Waals surface area contributed by atoms with Gasteiger partial charge in [0.05, 0.1) is 18.2 Å². The van der Waals surface area contributed by atoms with E-state index in [0.717, 1.165) is 4.47 Å². The van der Waals surface area contributed by atoms with Crippen molar-refractivity contribution in [2.75, 3.05) is 12.4 Å². The number of nitriles is 1. The van der Waals surface area contributed by atoms with Crippen LogP contribution < -0.4 is 14.8 Å². The SMILES string of the molecule is COc1cc(/C=C(\C#N)C(=O)Nc2ccc(Br)cc2)cc(Cl)c1OC(C)C. The largest absolute Gasteiger partial charge is 0.493 e. The fourth-order valence-electron chi connectivity index (χ4n) is 2.22. The van der Waals surface area contributed by atoms with Crippen LogP contribution in [0.15, 0.2) is 46.4 Å². The number of benzene rings is 2. The number of hydrogen-bond acceptors (Lipinski definition) is 4. The first kappa shape index (κ1) is 20.8. The third-order valence-electron chi connectivity index (χ3n) is 3.38. The zero-order valence-electron chi connectivity index (χ0n) is 15.0. The molecule has 2 aromatic carbocycles. The Morgan fingerprint density at radius 1 is 1.30 bits per heavy atom. The summed E-state index contributed by atoms with van der Waals surface area (Å²) in [5.74, 6) is 0.328. The zero-order valence-corrected chi connectivity index (χ0v) is 17.4. The van der Waals surface area contributed by atoms with Crippen molar-refractivity contribution in [2.24, 2.45) is 0 Å². The van der Waals surface area contributed by atoms with Crippen molar-refractivity contribution >= 4 is 45.2 Å². The van der Waals surface area contributed by atoms with Gasteiger partial charge in [0.2, 0.25) is 0 Å². The summed E-state index contributed by atoms with van der Waals surface area (Å²) >= 11 is 9.61. The molecule has 0 saturated heterocycles. The number of carbonyl (C=O) groups is 1. The molecule has 0 aromatic heterocycles. The van der Waals surface area contributed by atoms with Crippen LogP contribution in [0.25, 0.3) is 6.08 Å². The molecule has 0 radical (unpaired) electrons. The highest BCUT2D eigenvalue weighted by atomic mass is 79.9. The lowest BCUT2D eigenvalue weighted by atomic mass is 10.1. The minimum atomic E-state index is -0.516. The smallest absolute Gasteiger partial charge is 0.266 e. The predicted molar refractivity (Wildman–Crippen MR) is 110 cm³/mol. The Morgan fingerprint density at radius 3 is 2.52 bits per heavy atom. The fourth-order valence-corrected chi connectivity index (χ4v) is 2.75. The monoisotopic (exact) mass is 448 g/mol. The molecule has 0 fully saturated rings. The lowest BCUT2D eigenvalue weighted by Gasteiger charge is -2.15. The molecule has 27 heavy (non-hydrogen) atoms. The number of ether oxygens (including phenoxy) is 2. The van der Waals surface area contributed by atoms with Gasteiger partial charge >= 0.3 is 0 Å². The van der Waals surface area contributed by atoms with E-state index in [4.69, 9.17) is 21.1 Å². The molecule has 2 rings (SSSR count). The van der Waals surface area contributed by atoms with Crippen LogP contribution in [0.1, 0.15) is 19.4 Å². The molecule has 5 nitrogen and oxygen atoms in total. The van der Waals surface area contributed by atoms with E-state index in [1.165, 1.54) is 13.2 Å². The molecule has 0 heterocycles. The van der Waals surface area contributed by atoms with Crippen molar-refractivity contribution in [2.45, 2.75) is 20.0 Å². The van der Waals surface area contributed by atoms with Gasteiger partial charge in [-0.3, -0.25) is 4.79 Å². The third kappa shape index (κ3) is 5.75. The summed E-state index contributed by atoms with van der Waals surface area (Å²) in [6, 6.07) is 12.2. The quantitative estimate of drug-likeness (QED) is 0.470. The van der Waals surface area contributed by atoms with Crippen molar-refractivity contribution in [1.29, 1.82) is 5.26 Å². The Balaban J connectivity index is 2.31. The molecular formula is C20H18BrClN2O3. The van der Waals surface area contributed by atoms with Crippen LogP contribution in [0.2, 0.25) is 5.02 Å². The first-order valence-corrected chi connectivity index (χ1v) is 9.24. The van der Waals surface area contributed by atoms with Gasteiger partial charge in [0.15, 0.2) is 11.5 Å². The van der Waals surface area contributed by atoms with E-state index < -0.39 is 5.91 Å². The second kappa shape index (κ2) is 9.45. The molecule has 0 saturated carbocycles. The van der Waals surface area contributed by atoms with Crippen LogP contribution in [-0.2, 0) is 4.79 Å². The van der Waals surface area contributed by atoms with Crippen LogP contribution in [0.3, 0.4) is 0 Å². The summed E-state index contributed by atoms with van der Waals surface area (Å²) < 4.78 is 11.9. The number of carbonyl (C=O) groups excluding carboxylic acids is 1. The number of rotatable bonds is 6. The van der Waals surface area contributed by atoms with Gasteiger partial charge in [-0.2, -0.15) is 5.26 Å². The van der Waals surface area contributed by atoms with E-state index in [9.17, 15) is 10.1 Å². The normalized spacial score (nSPS) is 11.1. The van der Waals surface area contributed by atoms with Gasteiger partial charge in [0, 0.05) is 10.2 Å². The number of methoxy groups -OCH3 is 1. The van der Waals surface area contributed by atoms with Crippen molar-refractivity contribution in [1.82, 2.24) is 0 Å². The van der Waals surface area contributed by atoms with E-state index >= 15 is 0 Å². The van der Waals surface area contributed by atoms with Gasteiger partial charge in [-0.1, -0.05) is 27.5 Å². The Bertz CT molecular complexity index is 903. The molecule has 1 N–H and O–H groups in total. The molecule has 0 aliphatic rings. The lowest BCUT2D eigenvalue weighted by Crippen LogP contribution is -2.13. The van der Waals surface area contributed by atoms with Crippen molar-refractivity contribution < 1.29 is 14.3 Å². The van der Waals surface area contributed by atoms with Crippen LogP contribution in [0.5, 0.6) is 11.5 Å². The maximum absolute atomic E-state index is 12.4. The fraction of sp³-hybridized carbons (Fsp3) is 0.200. The zero-order chi connectivity index (χ0) is 20.0. The Labute approximate surface area is 171 Å². The molecule has 0 bridgehead atoms. The number of anilines is 1. The van der Waals surface area contributed by atoms with Crippen molar-refractivity contribution in [3.05, 3.63) is 57.0 Å². The summed E-state index contributed by atoms with van der Waals surface area (Å²) in [6.07, 6.45) is 1.37. The lowest BCUT2D eigenvalue weighted by molar-refractivity contribution is -0.112. The average Bonchev–Trinajstić information content (AvgIpc) is 2.63. The standard InChI is InChI=1S/C20H18BrClN2O3/c1-12(2)27-19-17(22)9-13(10-18(19)26-3)8-14(11-23)20(25)24-16-6-4-15(21)5-7-16/h4-10,12H,1-3H3,(H,24,25)/b14-8+. The molecular weight excluding hydrogens is 432 g/mol. The molecule has 0 spiro atoms. The minimum Gasteiger partial charge on any atom is -0.493 e. The predicted octanol–water partition coefficient (Wildman–Crippen LogP) is 5.44. The van der Waals surface area contributed by atoms with Crippen LogP contribution in [-0.4, -0.2) is 19.1 Å². The first-order valence-electron chi connectivity index (χ1n) is 8.07. The molecule has 7 heteroatoms.